The standard InChI is InChI=1S/C38H33N3O6/c1-25-31(40-36(47-25)28-13-7-4-8-14-28)21-22-45-29-19-17-26(18-20-29)23-33(37-41-34(24-46-37)38(43)44-2)39-32-16-10-9-15-30(32)35(42)27-11-5-3-6-12-27/h3-20,24,33,39H,21-23H2,1-2H3. The van der Waals surface area contributed by atoms with Gasteiger partial charge in [-0.2, -0.15) is 0 Å². The van der Waals surface area contributed by atoms with Gasteiger partial charge in [0.05, 0.1) is 19.4 Å². The Labute approximate surface area is 272 Å². The molecule has 0 amide bonds. The monoisotopic (exact) mass is 627 g/mol. The highest BCUT2D eigenvalue weighted by atomic mass is 16.5. The minimum Gasteiger partial charge on any atom is -0.493 e. The smallest absolute Gasteiger partial charge is 0.360 e. The van der Waals surface area contributed by atoms with E-state index < -0.39 is 12.0 Å². The highest BCUT2D eigenvalue weighted by Crippen LogP contribution is 2.28. The van der Waals surface area contributed by atoms with Crippen molar-refractivity contribution in [2.45, 2.75) is 25.8 Å². The number of methoxy groups -OCH3 is 1. The molecule has 2 heterocycles. The SMILES string of the molecule is COC(=O)c1coc(C(Cc2ccc(OCCc3nc(-c4ccccc4)oc3C)cc2)Nc2ccccc2C(=O)c2ccccc2)n1. The van der Waals surface area contributed by atoms with E-state index in [1.165, 1.54) is 13.4 Å². The molecule has 0 aliphatic carbocycles. The summed E-state index contributed by atoms with van der Waals surface area (Å²) in [7, 11) is 1.29. The Bertz CT molecular complexity index is 1950. The third-order valence-corrected chi connectivity index (χ3v) is 7.64. The molecule has 0 aliphatic rings. The molecule has 6 aromatic rings. The van der Waals surface area contributed by atoms with Crippen molar-refractivity contribution in [2.75, 3.05) is 19.0 Å². The number of nitrogens with zero attached hydrogens (tertiary/aromatic N) is 2. The van der Waals surface area contributed by atoms with Gasteiger partial charge in [-0.05, 0) is 48.9 Å². The number of hydrogen-bond donors (Lipinski definition) is 1. The summed E-state index contributed by atoms with van der Waals surface area (Å²) in [6.07, 6.45) is 2.31. The molecular weight excluding hydrogens is 594 g/mol. The molecule has 0 aliphatic heterocycles. The van der Waals surface area contributed by atoms with E-state index in [9.17, 15) is 9.59 Å². The summed E-state index contributed by atoms with van der Waals surface area (Å²) in [5, 5.41) is 3.44. The molecule has 0 saturated carbocycles. The molecule has 0 spiro atoms. The second-order valence-electron chi connectivity index (χ2n) is 10.8. The summed E-state index contributed by atoms with van der Waals surface area (Å²) < 4.78 is 22.5. The Morgan fingerprint density at radius 3 is 2.30 bits per heavy atom. The van der Waals surface area contributed by atoms with Gasteiger partial charge in [0, 0.05) is 35.2 Å². The summed E-state index contributed by atoms with van der Waals surface area (Å²) in [4.78, 5) is 34.6. The number of para-hydroxylation sites is 1. The second-order valence-corrected chi connectivity index (χ2v) is 10.8. The minimum atomic E-state index is -0.600. The largest absolute Gasteiger partial charge is 0.493 e. The molecule has 4 aromatic carbocycles. The fourth-order valence-corrected chi connectivity index (χ4v) is 5.17. The third-order valence-electron chi connectivity index (χ3n) is 7.64. The summed E-state index contributed by atoms with van der Waals surface area (Å²) >= 11 is 0. The van der Waals surface area contributed by atoms with Crippen molar-refractivity contribution < 1.29 is 27.9 Å². The summed E-state index contributed by atoms with van der Waals surface area (Å²) in [5.41, 5.74) is 4.51. The lowest BCUT2D eigenvalue weighted by Gasteiger charge is -2.19. The van der Waals surface area contributed by atoms with Gasteiger partial charge in [0.1, 0.15) is 23.8 Å². The van der Waals surface area contributed by atoms with Gasteiger partial charge in [-0.15, -0.1) is 0 Å². The maximum Gasteiger partial charge on any atom is 0.360 e. The molecule has 0 fully saturated rings. The van der Waals surface area contributed by atoms with Gasteiger partial charge >= 0.3 is 5.97 Å². The zero-order chi connectivity index (χ0) is 32.6. The summed E-state index contributed by atoms with van der Waals surface area (Å²) in [6, 6.07) is 33.4. The van der Waals surface area contributed by atoms with Crippen molar-refractivity contribution in [3.63, 3.8) is 0 Å². The number of nitrogens with one attached hydrogen (secondary N) is 1. The minimum absolute atomic E-state index is 0.0601. The normalized spacial score (nSPS) is 11.5. The summed E-state index contributed by atoms with van der Waals surface area (Å²) in [5.74, 6) is 1.65. The molecule has 9 nitrogen and oxygen atoms in total. The van der Waals surface area contributed by atoms with Gasteiger partial charge in [-0.25, -0.2) is 14.8 Å². The van der Waals surface area contributed by atoms with Crippen LogP contribution < -0.4 is 10.1 Å². The van der Waals surface area contributed by atoms with Crippen molar-refractivity contribution in [1.29, 1.82) is 0 Å². The molecule has 6 rings (SSSR count). The average Bonchev–Trinajstić information content (AvgIpc) is 3.76. The van der Waals surface area contributed by atoms with Crippen molar-refractivity contribution in [2.24, 2.45) is 0 Å². The van der Waals surface area contributed by atoms with Crippen LogP contribution in [0.1, 0.15) is 55.4 Å². The van der Waals surface area contributed by atoms with Crippen LogP contribution in [0.2, 0.25) is 0 Å². The molecule has 0 radical (unpaired) electrons. The van der Waals surface area contributed by atoms with E-state index in [4.69, 9.17) is 18.3 Å². The van der Waals surface area contributed by atoms with Crippen LogP contribution in [0.25, 0.3) is 11.5 Å². The molecule has 9 heteroatoms. The van der Waals surface area contributed by atoms with E-state index in [1.807, 2.05) is 97.9 Å². The number of benzene rings is 4. The lowest BCUT2D eigenvalue weighted by molar-refractivity contribution is 0.0593. The van der Waals surface area contributed by atoms with Crippen LogP contribution >= 0.6 is 0 Å². The predicted octanol–water partition coefficient (Wildman–Crippen LogP) is 7.67. The maximum absolute atomic E-state index is 13.4. The molecule has 2 aromatic heterocycles. The zero-order valence-corrected chi connectivity index (χ0v) is 26.0. The van der Waals surface area contributed by atoms with Gasteiger partial charge in [0.25, 0.3) is 0 Å². The Morgan fingerprint density at radius 1 is 0.851 bits per heavy atom. The van der Waals surface area contributed by atoms with Crippen LogP contribution in [0.4, 0.5) is 5.69 Å². The van der Waals surface area contributed by atoms with Crippen molar-refractivity contribution in [3.05, 3.63) is 155 Å². The van der Waals surface area contributed by atoms with E-state index in [0.29, 0.717) is 47.9 Å². The van der Waals surface area contributed by atoms with Gasteiger partial charge in [0.2, 0.25) is 11.8 Å². The Morgan fingerprint density at radius 2 is 1.55 bits per heavy atom. The lowest BCUT2D eigenvalue weighted by Crippen LogP contribution is -2.17. The van der Waals surface area contributed by atoms with E-state index in [1.54, 1.807) is 18.2 Å². The molecule has 1 atom stereocenters. The Balaban J connectivity index is 1.16. The predicted molar refractivity (Wildman–Crippen MR) is 177 cm³/mol. The quantitative estimate of drug-likeness (QED) is 0.102. The molecule has 1 unspecified atom stereocenters. The zero-order valence-electron chi connectivity index (χ0n) is 26.0. The first kappa shape index (κ1) is 31.0. The number of anilines is 1. The Hall–Kier alpha value is -5.96. The number of aromatic nitrogens is 2. The van der Waals surface area contributed by atoms with Crippen LogP contribution in [0.5, 0.6) is 5.75 Å². The van der Waals surface area contributed by atoms with Gasteiger partial charge in [-0.1, -0.05) is 72.8 Å². The number of oxazole rings is 2. The number of ketones is 1. The van der Waals surface area contributed by atoms with E-state index in [0.717, 1.165) is 22.6 Å². The van der Waals surface area contributed by atoms with Crippen molar-refractivity contribution in [3.8, 4) is 17.2 Å². The van der Waals surface area contributed by atoms with Crippen LogP contribution in [0.3, 0.4) is 0 Å². The lowest BCUT2D eigenvalue weighted by atomic mass is 10.00. The molecular formula is C38H33N3O6. The number of ether oxygens (including phenoxy) is 2. The summed E-state index contributed by atoms with van der Waals surface area (Å²) in [6.45, 7) is 2.34. The average molecular weight is 628 g/mol. The van der Waals surface area contributed by atoms with Crippen molar-refractivity contribution >= 4 is 17.4 Å². The van der Waals surface area contributed by atoms with Crippen LogP contribution in [0, 0.1) is 6.92 Å². The molecule has 1 N–H and O–H groups in total. The van der Waals surface area contributed by atoms with E-state index >= 15 is 0 Å². The van der Waals surface area contributed by atoms with Gasteiger partial charge in [0.15, 0.2) is 11.5 Å². The molecule has 0 bridgehead atoms. The fourth-order valence-electron chi connectivity index (χ4n) is 5.17. The van der Waals surface area contributed by atoms with Crippen LogP contribution in [-0.2, 0) is 17.6 Å². The van der Waals surface area contributed by atoms with Crippen LogP contribution in [0.15, 0.2) is 124 Å². The first-order valence-corrected chi connectivity index (χ1v) is 15.2. The number of hydrogen-bond acceptors (Lipinski definition) is 9. The fraction of sp³-hybridized carbons (Fsp3) is 0.158. The highest BCUT2D eigenvalue weighted by Gasteiger charge is 2.23. The first-order chi connectivity index (χ1) is 23.0. The number of carbonyl (C=O) groups excluding carboxylic acids is 2. The van der Waals surface area contributed by atoms with E-state index in [-0.39, 0.29) is 17.4 Å². The van der Waals surface area contributed by atoms with Crippen LogP contribution in [-0.4, -0.2) is 35.4 Å². The van der Waals surface area contributed by atoms with Gasteiger partial charge in [-0.3, -0.25) is 4.79 Å². The molecule has 236 valence electrons. The molecule has 0 saturated heterocycles. The first-order valence-electron chi connectivity index (χ1n) is 15.2. The van der Waals surface area contributed by atoms with Crippen molar-refractivity contribution in [1.82, 2.24) is 9.97 Å². The maximum atomic E-state index is 13.4. The topological polar surface area (TPSA) is 117 Å². The van der Waals surface area contributed by atoms with Gasteiger partial charge < -0.3 is 23.6 Å². The Kier molecular flexibility index (Phi) is 9.53. The van der Waals surface area contributed by atoms with E-state index in [2.05, 4.69) is 15.3 Å². The highest BCUT2D eigenvalue weighted by molar-refractivity contribution is 6.12. The second kappa shape index (κ2) is 14.4. The number of aryl methyl sites for hydroxylation is 1. The molecule has 47 heavy (non-hydrogen) atoms. The third kappa shape index (κ3) is 7.48. The number of rotatable bonds is 13. The number of carbonyl (C=O) groups is 2. The number of esters is 1.